The van der Waals surface area contributed by atoms with Crippen LogP contribution in [-0.2, 0) is 11.3 Å². The molecule has 6 nitrogen and oxygen atoms in total. The second-order valence-electron chi connectivity index (χ2n) is 2.70. The number of aldehydes is 1. The Hall–Kier alpha value is -1.60. The lowest BCUT2D eigenvalue weighted by atomic mass is 10.3. The molecule has 0 saturated heterocycles. The Bertz CT molecular complexity index is 451. The molecule has 0 atom stereocenters. The van der Waals surface area contributed by atoms with Crippen LogP contribution in [0, 0.1) is 0 Å². The van der Waals surface area contributed by atoms with Gasteiger partial charge in [-0.25, -0.2) is 4.98 Å². The van der Waals surface area contributed by atoms with Gasteiger partial charge in [-0.05, 0) is 0 Å². The fourth-order valence-corrected chi connectivity index (χ4v) is 1.76. The van der Waals surface area contributed by atoms with Crippen molar-refractivity contribution in [1.29, 1.82) is 0 Å². The van der Waals surface area contributed by atoms with Crippen molar-refractivity contribution in [2.45, 2.75) is 6.61 Å². The minimum atomic E-state index is 0.278. The van der Waals surface area contributed by atoms with Crippen LogP contribution in [-0.4, -0.2) is 33.4 Å². The second-order valence-corrected chi connectivity index (χ2v) is 3.57. The number of carbonyl (C=O) groups excluding carboxylic acids is 1. The van der Waals surface area contributed by atoms with Crippen molar-refractivity contribution in [3.05, 3.63) is 23.0 Å². The molecule has 0 aliphatic heterocycles. The zero-order chi connectivity index (χ0) is 10.7. The van der Waals surface area contributed by atoms with E-state index >= 15 is 0 Å². The zero-order valence-electron chi connectivity index (χ0n) is 7.95. The summed E-state index contributed by atoms with van der Waals surface area (Å²) in [5, 5.41) is 10.1. The van der Waals surface area contributed by atoms with E-state index in [0.29, 0.717) is 17.1 Å². The maximum Gasteiger partial charge on any atom is 0.212 e. The number of ether oxygens (including phenoxy) is 1. The molecule has 0 amide bonds. The average Bonchev–Trinajstić information content (AvgIpc) is 2.85. The van der Waals surface area contributed by atoms with Gasteiger partial charge in [0.2, 0.25) is 5.13 Å². The number of carbonyl (C=O) groups is 1. The van der Waals surface area contributed by atoms with Gasteiger partial charge in [-0.3, -0.25) is 4.79 Å². The van der Waals surface area contributed by atoms with Crippen molar-refractivity contribution < 1.29 is 9.53 Å². The van der Waals surface area contributed by atoms with Crippen LogP contribution in [0.4, 0.5) is 0 Å². The molecule has 0 radical (unpaired) electrons. The molecule has 0 spiro atoms. The maximum atomic E-state index is 10.7. The van der Waals surface area contributed by atoms with Gasteiger partial charge in [-0.2, -0.15) is 4.68 Å². The van der Waals surface area contributed by atoms with E-state index < -0.39 is 0 Å². The second kappa shape index (κ2) is 4.28. The first-order valence-electron chi connectivity index (χ1n) is 4.15. The first-order chi connectivity index (χ1) is 7.36. The first-order valence-corrected chi connectivity index (χ1v) is 5.03. The number of hydrogen-bond acceptors (Lipinski definition) is 6. The molecule has 0 unspecified atom stereocenters. The van der Waals surface area contributed by atoms with E-state index in [2.05, 4.69) is 15.3 Å². The Labute approximate surface area is 89.5 Å². The molecule has 0 saturated carbocycles. The highest BCUT2D eigenvalue weighted by Crippen LogP contribution is 2.14. The molecule has 2 aromatic rings. The molecule has 0 aliphatic carbocycles. The van der Waals surface area contributed by atoms with Gasteiger partial charge < -0.3 is 4.74 Å². The van der Waals surface area contributed by atoms with Crippen molar-refractivity contribution in [3.63, 3.8) is 0 Å². The van der Waals surface area contributed by atoms with Crippen LogP contribution in [0.1, 0.15) is 16.2 Å². The Balaban J connectivity index is 2.47. The van der Waals surface area contributed by atoms with Gasteiger partial charge in [0.25, 0.3) is 0 Å². The molecule has 7 heteroatoms. The van der Waals surface area contributed by atoms with Gasteiger partial charge in [0.15, 0.2) is 12.0 Å². The average molecular weight is 224 g/mol. The molecule has 2 rings (SSSR count). The molecule has 0 N–H and O–H groups in total. The maximum absolute atomic E-state index is 10.7. The summed E-state index contributed by atoms with van der Waals surface area (Å²) in [5.74, 6) is 0. The van der Waals surface area contributed by atoms with E-state index in [1.165, 1.54) is 16.0 Å². The van der Waals surface area contributed by atoms with E-state index in [9.17, 15) is 4.79 Å². The van der Waals surface area contributed by atoms with Crippen molar-refractivity contribution in [2.24, 2.45) is 0 Å². The molecule has 0 aromatic carbocycles. The summed E-state index contributed by atoms with van der Waals surface area (Å²) < 4.78 is 6.50. The van der Waals surface area contributed by atoms with E-state index in [1.807, 2.05) is 5.38 Å². The molecule has 0 fully saturated rings. The summed E-state index contributed by atoms with van der Waals surface area (Å²) in [7, 11) is 1.55. The largest absolute Gasteiger partial charge is 0.378 e. The van der Waals surface area contributed by atoms with Crippen molar-refractivity contribution in [1.82, 2.24) is 20.0 Å². The van der Waals surface area contributed by atoms with Gasteiger partial charge in [0.05, 0.1) is 6.61 Å². The third-order valence-electron chi connectivity index (χ3n) is 1.79. The smallest absolute Gasteiger partial charge is 0.212 e. The van der Waals surface area contributed by atoms with Gasteiger partial charge in [-0.15, -0.1) is 16.4 Å². The monoisotopic (exact) mass is 224 g/mol. The van der Waals surface area contributed by atoms with Gasteiger partial charge >= 0.3 is 0 Å². The van der Waals surface area contributed by atoms with Crippen LogP contribution in [0.2, 0.25) is 0 Å². The van der Waals surface area contributed by atoms with E-state index in [1.54, 1.807) is 13.3 Å². The normalized spacial score (nSPS) is 10.5. The van der Waals surface area contributed by atoms with Crippen LogP contribution < -0.4 is 0 Å². The topological polar surface area (TPSA) is 69.9 Å². The van der Waals surface area contributed by atoms with Crippen LogP contribution in [0.5, 0.6) is 0 Å². The van der Waals surface area contributed by atoms with E-state index in [4.69, 9.17) is 4.74 Å². The molecule has 0 bridgehead atoms. The molecule has 2 heterocycles. The van der Waals surface area contributed by atoms with Crippen LogP contribution in [0.3, 0.4) is 0 Å². The third-order valence-corrected chi connectivity index (χ3v) is 2.53. The molecule has 15 heavy (non-hydrogen) atoms. The number of aromatic nitrogens is 4. The highest BCUT2D eigenvalue weighted by molar-refractivity contribution is 7.12. The number of thiazole rings is 1. The predicted octanol–water partition coefficient (Wildman–Crippen LogP) is 0.683. The number of hydrogen-bond donors (Lipinski definition) is 0. The van der Waals surface area contributed by atoms with Crippen molar-refractivity contribution >= 4 is 17.6 Å². The summed E-state index contributed by atoms with van der Waals surface area (Å²) in [6.45, 7) is 0.278. The van der Waals surface area contributed by atoms with Crippen LogP contribution in [0.15, 0.2) is 11.6 Å². The van der Waals surface area contributed by atoms with Crippen LogP contribution in [0.25, 0.3) is 5.13 Å². The summed E-state index contributed by atoms with van der Waals surface area (Å²) >= 11 is 1.42. The SMILES string of the molecule is COCc1c(C=O)nnn1-c1nccs1. The fraction of sp³-hybridized carbons (Fsp3) is 0.250. The predicted molar refractivity (Wildman–Crippen MR) is 53.1 cm³/mol. The lowest BCUT2D eigenvalue weighted by Gasteiger charge is -2.01. The van der Waals surface area contributed by atoms with Gasteiger partial charge in [0.1, 0.15) is 5.69 Å². The first kappa shape index (κ1) is 9.94. The Morgan fingerprint density at radius 3 is 3.13 bits per heavy atom. The quantitative estimate of drug-likeness (QED) is 0.714. The number of nitrogens with zero attached hydrogens (tertiary/aromatic N) is 4. The molecular formula is C8H8N4O2S. The van der Waals surface area contributed by atoms with Gasteiger partial charge in [-0.1, -0.05) is 5.21 Å². The Morgan fingerprint density at radius 2 is 2.53 bits per heavy atom. The standard InChI is InChI=1S/C8H8N4O2S/c1-14-5-7-6(4-13)10-11-12(7)8-9-2-3-15-8/h2-4H,5H2,1H3. The van der Waals surface area contributed by atoms with Crippen molar-refractivity contribution in [2.75, 3.05) is 7.11 Å². The number of methoxy groups -OCH3 is 1. The Morgan fingerprint density at radius 1 is 1.67 bits per heavy atom. The molecule has 78 valence electrons. The summed E-state index contributed by atoms with van der Waals surface area (Å²) in [5.41, 5.74) is 0.898. The Kier molecular flexibility index (Phi) is 2.84. The molecule has 0 aliphatic rings. The third kappa shape index (κ3) is 1.79. The van der Waals surface area contributed by atoms with Crippen molar-refractivity contribution in [3.8, 4) is 5.13 Å². The fourth-order valence-electron chi connectivity index (χ4n) is 1.15. The van der Waals surface area contributed by atoms with E-state index in [0.717, 1.165) is 0 Å². The lowest BCUT2D eigenvalue weighted by Crippen LogP contribution is -2.04. The lowest BCUT2D eigenvalue weighted by molar-refractivity contribution is 0.111. The minimum Gasteiger partial charge on any atom is -0.378 e. The number of rotatable bonds is 4. The highest BCUT2D eigenvalue weighted by Gasteiger charge is 2.14. The zero-order valence-corrected chi connectivity index (χ0v) is 8.77. The van der Waals surface area contributed by atoms with E-state index in [-0.39, 0.29) is 12.3 Å². The van der Waals surface area contributed by atoms with Gasteiger partial charge in [0, 0.05) is 18.7 Å². The highest BCUT2D eigenvalue weighted by atomic mass is 32.1. The summed E-state index contributed by atoms with van der Waals surface area (Å²) in [4.78, 5) is 14.8. The molecule has 2 aromatic heterocycles. The van der Waals surface area contributed by atoms with Crippen LogP contribution >= 0.6 is 11.3 Å². The minimum absolute atomic E-state index is 0.278. The summed E-state index contributed by atoms with van der Waals surface area (Å²) in [6, 6.07) is 0. The summed E-state index contributed by atoms with van der Waals surface area (Å²) in [6.07, 6.45) is 2.32. The molecular weight excluding hydrogens is 216 g/mol.